The lowest BCUT2D eigenvalue weighted by atomic mass is 10.00. The molecule has 18 heavy (non-hydrogen) atoms. The number of aryl methyl sites for hydroxylation is 1. The van der Waals surface area contributed by atoms with E-state index in [4.69, 9.17) is 21.1 Å². The van der Waals surface area contributed by atoms with Gasteiger partial charge in [0.2, 0.25) is 0 Å². The summed E-state index contributed by atoms with van der Waals surface area (Å²) >= 11 is 0. The molecule has 0 bridgehead atoms. The first-order valence-corrected chi connectivity index (χ1v) is 5.42. The van der Waals surface area contributed by atoms with Crippen molar-refractivity contribution in [1.82, 2.24) is 5.01 Å². The molecule has 6 nitrogen and oxygen atoms in total. The molecule has 1 rings (SSSR count). The number of hydrogen-bond donors (Lipinski definition) is 2. The zero-order chi connectivity index (χ0) is 13.9. The average molecular weight is 253 g/mol. The Hall–Kier alpha value is -1.79. The summed E-state index contributed by atoms with van der Waals surface area (Å²) in [6, 6.07) is 2.65. The van der Waals surface area contributed by atoms with Crippen LogP contribution >= 0.6 is 0 Å². The van der Waals surface area contributed by atoms with Gasteiger partial charge in [-0.15, -0.1) is 0 Å². The molecule has 0 radical (unpaired) electrons. The predicted octanol–water partition coefficient (Wildman–Crippen LogP) is 0.344. The molecule has 0 aliphatic carbocycles. The van der Waals surface area contributed by atoms with E-state index in [0.717, 1.165) is 10.6 Å². The molecule has 6 heteroatoms. The van der Waals surface area contributed by atoms with Gasteiger partial charge in [0, 0.05) is 7.05 Å². The van der Waals surface area contributed by atoms with Crippen LogP contribution in [-0.4, -0.2) is 32.2 Å². The zero-order valence-corrected chi connectivity index (χ0v) is 11.1. The van der Waals surface area contributed by atoms with E-state index < -0.39 is 6.04 Å². The molecule has 0 aliphatic heterocycles. The fourth-order valence-corrected chi connectivity index (χ4v) is 1.68. The topological polar surface area (TPSA) is 90.8 Å². The summed E-state index contributed by atoms with van der Waals surface area (Å²) in [4.78, 5) is 11.8. The average Bonchev–Trinajstić information content (AvgIpc) is 2.36. The Labute approximate surface area is 106 Å². The highest BCUT2D eigenvalue weighted by atomic mass is 16.5. The number of methoxy groups -OCH3 is 2. The zero-order valence-electron chi connectivity index (χ0n) is 11.1. The highest BCUT2D eigenvalue weighted by Crippen LogP contribution is 2.32. The van der Waals surface area contributed by atoms with Gasteiger partial charge in [0.05, 0.1) is 14.2 Å². The van der Waals surface area contributed by atoms with Crippen molar-refractivity contribution < 1.29 is 14.3 Å². The third kappa shape index (κ3) is 2.72. The molecule has 0 spiro atoms. The maximum atomic E-state index is 11.8. The minimum Gasteiger partial charge on any atom is -0.493 e. The van der Waals surface area contributed by atoms with E-state index in [1.165, 1.54) is 14.2 Å². The van der Waals surface area contributed by atoms with Gasteiger partial charge in [-0.2, -0.15) is 0 Å². The maximum Gasteiger partial charge on any atom is 0.257 e. The summed E-state index contributed by atoms with van der Waals surface area (Å²) in [5, 5.41) is 0.973. The summed E-state index contributed by atoms with van der Waals surface area (Å²) in [7, 11) is 4.54. The van der Waals surface area contributed by atoms with Crippen LogP contribution in [0.2, 0.25) is 0 Å². The molecular formula is C12H19N3O3. The molecule has 0 aromatic heterocycles. The molecule has 4 N–H and O–H groups in total. The smallest absolute Gasteiger partial charge is 0.257 e. The number of benzene rings is 1. The van der Waals surface area contributed by atoms with E-state index in [0.29, 0.717) is 17.1 Å². The van der Waals surface area contributed by atoms with E-state index >= 15 is 0 Å². The number of amides is 1. The lowest BCUT2D eigenvalue weighted by molar-refractivity contribution is -0.131. The van der Waals surface area contributed by atoms with Gasteiger partial charge in [0.25, 0.3) is 5.91 Å². The molecule has 0 saturated heterocycles. The van der Waals surface area contributed by atoms with Crippen LogP contribution in [0, 0.1) is 6.92 Å². The molecule has 0 fully saturated rings. The molecule has 1 unspecified atom stereocenters. The number of nitrogens with zero attached hydrogens (tertiary/aromatic N) is 1. The van der Waals surface area contributed by atoms with Crippen LogP contribution in [0.4, 0.5) is 0 Å². The summed E-state index contributed by atoms with van der Waals surface area (Å²) in [6.07, 6.45) is 0. The molecular weight excluding hydrogens is 234 g/mol. The summed E-state index contributed by atoms with van der Waals surface area (Å²) in [6.45, 7) is 1.85. The van der Waals surface area contributed by atoms with Gasteiger partial charge in [-0.25, -0.2) is 5.84 Å². The number of nitrogens with two attached hydrogens (primary N) is 2. The number of ether oxygens (including phenoxy) is 2. The molecule has 1 aromatic rings. The number of carbonyl (C=O) groups excluding carboxylic acids is 1. The van der Waals surface area contributed by atoms with Crippen LogP contribution in [0.1, 0.15) is 17.2 Å². The molecule has 1 amide bonds. The standard InChI is InChI=1S/C12H19N3O3/c1-7-5-9(17-3)10(18-4)6-8(7)11(13)12(16)15(2)14/h5-6,11H,13-14H2,1-4H3. The van der Waals surface area contributed by atoms with Gasteiger partial charge in [-0.05, 0) is 30.2 Å². The Bertz CT molecular complexity index is 446. The van der Waals surface area contributed by atoms with Crippen molar-refractivity contribution >= 4 is 5.91 Å². The second-order valence-corrected chi connectivity index (χ2v) is 3.99. The van der Waals surface area contributed by atoms with Crippen molar-refractivity contribution in [2.75, 3.05) is 21.3 Å². The summed E-state index contributed by atoms with van der Waals surface area (Å²) < 4.78 is 10.4. The normalized spacial score (nSPS) is 11.9. The van der Waals surface area contributed by atoms with Crippen molar-refractivity contribution in [2.24, 2.45) is 11.6 Å². The molecule has 100 valence electrons. The first-order chi connectivity index (χ1) is 8.42. The van der Waals surface area contributed by atoms with Crippen LogP contribution in [0.25, 0.3) is 0 Å². The molecule has 0 saturated carbocycles. The lowest BCUT2D eigenvalue weighted by Crippen LogP contribution is -2.40. The largest absolute Gasteiger partial charge is 0.493 e. The Morgan fingerprint density at radius 1 is 1.28 bits per heavy atom. The first kappa shape index (κ1) is 14.3. The monoisotopic (exact) mass is 253 g/mol. The van der Waals surface area contributed by atoms with Crippen molar-refractivity contribution in [2.45, 2.75) is 13.0 Å². The lowest BCUT2D eigenvalue weighted by Gasteiger charge is -2.20. The highest BCUT2D eigenvalue weighted by Gasteiger charge is 2.21. The maximum absolute atomic E-state index is 11.8. The van der Waals surface area contributed by atoms with Gasteiger partial charge in [-0.1, -0.05) is 0 Å². The van der Waals surface area contributed by atoms with Crippen molar-refractivity contribution in [3.05, 3.63) is 23.3 Å². The Balaban J connectivity index is 3.21. The second kappa shape index (κ2) is 5.70. The van der Waals surface area contributed by atoms with Gasteiger partial charge in [-0.3, -0.25) is 9.80 Å². The van der Waals surface area contributed by atoms with E-state index in [2.05, 4.69) is 0 Å². The Morgan fingerprint density at radius 3 is 2.22 bits per heavy atom. The van der Waals surface area contributed by atoms with Gasteiger partial charge in [0.15, 0.2) is 11.5 Å². The molecule has 1 aromatic carbocycles. The van der Waals surface area contributed by atoms with Crippen LogP contribution in [-0.2, 0) is 4.79 Å². The number of likely N-dealkylation sites (N-methyl/N-ethyl adjacent to an activating group) is 1. The minimum absolute atomic E-state index is 0.370. The number of hydrazine groups is 1. The highest BCUT2D eigenvalue weighted by molar-refractivity contribution is 5.83. The minimum atomic E-state index is -0.820. The Morgan fingerprint density at radius 2 is 1.78 bits per heavy atom. The van der Waals surface area contributed by atoms with Crippen molar-refractivity contribution in [3.8, 4) is 11.5 Å². The van der Waals surface area contributed by atoms with Gasteiger partial charge in [0.1, 0.15) is 6.04 Å². The van der Waals surface area contributed by atoms with Gasteiger partial charge >= 0.3 is 0 Å². The van der Waals surface area contributed by atoms with Crippen molar-refractivity contribution in [3.63, 3.8) is 0 Å². The molecule has 0 heterocycles. The molecule has 0 aliphatic rings. The van der Waals surface area contributed by atoms with Crippen LogP contribution in [0.15, 0.2) is 12.1 Å². The third-order valence-electron chi connectivity index (χ3n) is 2.72. The quantitative estimate of drug-likeness (QED) is 0.459. The fraction of sp³-hybridized carbons (Fsp3) is 0.417. The summed E-state index contributed by atoms with van der Waals surface area (Å²) in [5.74, 6) is 6.15. The van der Waals surface area contributed by atoms with Gasteiger partial charge < -0.3 is 15.2 Å². The fourth-order valence-electron chi connectivity index (χ4n) is 1.68. The van der Waals surface area contributed by atoms with Crippen LogP contribution in [0.5, 0.6) is 11.5 Å². The van der Waals surface area contributed by atoms with E-state index in [1.807, 2.05) is 6.92 Å². The predicted molar refractivity (Wildman–Crippen MR) is 68.2 cm³/mol. The van der Waals surface area contributed by atoms with Crippen LogP contribution < -0.4 is 21.1 Å². The van der Waals surface area contributed by atoms with E-state index in [1.54, 1.807) is 19.2 Å². The first-order valence-electron chi connectivity index (χ1n) is 5.42. The summed E-state index contributed by atoms with van der Waals surface area (Å²) in [5.41, 5.74) is 7.39. The van der Waals surface area contributed by atoms with Crippen LogP contribution in [0.3, 0.4) is 0 Å². The number of hydrogen-bond acceptors (Lipinski definition) is 5. The third-order valence-corrected chi connectivity index (χ3v) is 2.72. The van der Waals surface area contributed by atoms with E-state index in [9.17, 15) is 4.79 Å². The van der Waals surface area contributed by atoms with Crippen molar-refractivity contribution in [1.29, 1.82) is 0 Å². The SMILES string of the molecule is COc1cc(C)c(C(N)C(=O)N(C)N)cc1OC. The molecule has 1 atom stereocenters. The second-order valence-electron chi connectivity index (χ2n) is 3.99. The number of rotatable bonds is 4. The Kier molecular flexibility index (Phi) is 4.52. The number of carbonyl (C=O) groups is 1. The van der Waals surface area contributed by atoms with E-state index in [-0.39, 0.29) is 5.91 Å².